The average Bonchev–Trinajstić information content (AvgIpc) is 3.17. The number of halogens is 1. The van der Waals surface area contributed by atoms with E-state index < -0.39 is 0 Å². The fourth-order valence-corrected chi connectivity index (χ4v) is 3.23. The minimum Gasteiger partial charge on any atom is -0.352 e. The number of nitrogens with zero attached hydrogens (tertiary/aromatic N) is 4. The van der Waals surface area contributed by atoms with Crippen LogP contribution in [0.5, 0.6) is 0 Å². The molecular weight excluding hydrogens is 355 g/mol. The van der Waals surface area contributed by atoms with Crippen molar-refractivity contribution in [2.75, 3.05) is 24.5 Å². The number of anilines is 1. The molecule has 1 spiro atoms. The summed E-state index contributed by atoms with van der Waals surface area (Å²) in [6, 6.07) is 2.01. The normalized spacial score (nSPS) is 20.7. The Bertz CT molecular complexity index is 503. The zero-order valence-corrected chi connectivity index (χ0v) is 13.1. The van der Waals surface area contributed by atoms with Crippen LogP contribution in [0.25, 0.3) is 0 Å². The molecule has 1 amide bonds. The summed E-state index contributed by atoms with van der Waals surface area (Å²) in [5.41, 5.74) is 0.0850. The number of amides is 1. The van der Waals surface area contributed by atoms with Crippen LogP contribution >= 0.6 is 22.6 Å². The number of carbonyl (C=O) groups excluding carboxylic acids is 1. The smallest absolute Gasteiger partial charge is 0.222 e. The van der Waals surface area contributed by atoms with Crippen molar-refractivity contribution in [2.45, 2.75) is 31.7 Å². The second-order valence-electron chi connectivity index (χ2n) is 5.24. The molecular formula is C13H17IN4O. The summed E-state index contributed by atoms with van der Waals surface area (Å²) in [6.45, 7) is 4.53. The van der Waals surface area contributed by atoms with Crippen molar-refractivity contribution in [1.29, 1.82) is 0 Å². The molecule has 0 N–H and O–H groups in total. The van der Waals surface area contributed by atoms with Gasteiger partial charge in [0.05, 0.1) is 5.54 Å². The number of hydrogen-bond acceptors (Lipinski definition) is 4. The Balaban J connectivity index is 1.78. The van der Waals surface area contributed by atoms with Gasteiger partial charge in [0.15, 0.2) is 0 Å². The van der Waals surface area contributed by atoms with Crippen molar-refractivity contribution in [3.05, 3.63) is 16.1 Å². The molecule has 0 atom stereocenters. The third-order valence-corrected chi connectivity index (χ3v) is 4.62. The lowest BCUT2D eigenvalue weighted by Gasteiger charge is -2.42. The number of carbonyl (C=O) groups is 1. The van der Waals surface area contributed by atoms with E-state index in [2.05, 4.69) is 42.4 Å². The van der Waals surface area contributed by atoms with Crippen LogP contribution in [0.2, 0.25) is 0 Å². The quantitative estimate of drug-likeness (QED) is 0.586. The van der Waals surface area contributed by atoms with E-state index >= 15 is 0 Å². The van der Waals surface area contributed by atoms with Gasteiger partial charge in [-0.15, -0.1) is 0 Å². The summed E-state index contributed by atoms with van der Waals surface area (Å²) in [4.78, 5) is 24.9. The molecule has 1 aliphatic heterocycles. The van der Waals surface area contributed by atoms with Crippen LogP contribution in [0, 0.1) is 3.70 Å². The van der Waals surface area contributed by atoms with Crippen LogP contribution in [0.1, 0.15) is 26.2 Å². The van der Waals surface area contributed by atoms with Crippen LogP contribution < -0.4 is 4.90 Å². The summed E-state index contributed by atoms with van der Waals surface area (Å²) in [6.07, 6.45) is 4.46. The highest BCUT2D eigenvalue weighted by Gasteiger charge is 2.52. The van der Waals surface area contributed by atoms with Crippen molar-refractivity contribution in [2.24, 2.45) is 0 Å². The van der Waals surface area contributed by atoms with Crippen molar-refractivity contribution < 1.29 is 4.79 Å². The minimum atomic E-state index is 0.0850. The van der Waals surface area contributed by atoms with Crippen LogP contribution in [0.4, 0.5) is 5.82 Å². The van der Waals surface area contributed by atoms with Gasteiger partial charge in [-0.05, 0) is 35.4 Å². The van der Waals surface area contributed by atoms with Crippen LogP contribution in [0.15, 0.2) is 12.4 Å². The Morgan fingerprint density at radius 2 is 2.21 bits per heavy atom. The van der Waals surface area contributed by atoms with Gasteiger partial charge < -0.3 is 9.80 Å². The Hall–Kier alpha value is -0.920. The molecule has 2 heterocycles. The van der Waals surface area contributed by atoms with Crippen molar-refractivity contribution in [3.63, 3.8) is 0 Å². The molecule has 1 saturated carbocycles. The maximum atomic E-state index is 12.0. The first-order valence-corrected chi connectivity index (χ1v) is 7.75. The first kappa shape index (κ1) is 13.1. The fourth-order valence-electron chi connectivity index (χ4n) is 2.82. The Morgan fingerprint density at radius 3 is 2.84 bits per heavy atom. The molecule has 2 aliphatic rings. The van der Waals surface area contributed by atoms with Gasteiger partial charge in [-0.3, -0.25) is 4.79 Å². The molecule has 0 aromatic carbocycles. The van der Waals surface area contributed by atoms with E-state index in [9.17, 15) is 4.79 Å². The van der Waals surface area contributed by atoms with Crippen LogP contribution in [0.3, 0.4) is 0 Å². The lowest BCUT2D eigenvalue weighted by molar-refractivity contribution is -0.134. The minimum absolute atomic E-state index is 0.0850. The van der Waals surface area contributed by atoms with Gasteiger partial charge in [0.2, 0.25) is 5.91 Å². The Labute approximate surface area is 126 Å². The number of aromatic nitrogens is 2. The molecule has 19 heavy (non-hydrogen) atoms. The Kier molecular flexibility index (Phi) is 3.36. The molecule has 3 rings (SSSR count). The van der Waals surface area contributed by atoms with E-state index in [1.165, 1.54) is 0 Å². The van der Waals surface area contributed by atoms with Crippen LogP contribution in [-0.4, -0.2) is 45.9 Å². The first-order valence-electron chi connectivity index (χ1n) is 6.67. The molecule has 1 saturated heterocycles. The zero-order chi connectivity index (χ0) is 13.5. The predicted octanol–water partition coefficient (Wildman–Crippen LogP) is 1.67. The molecule has 0 bridgehead atoms. The van der Waals surface area contributed by atoms with Gasteiger partial charge in [-0.2, -0.15) is 0 Å². The molecule has 1 aromatic rings. The topological polar surface area (TPSA) is 49.3 Å². The molecule has 0 unspecified atom stereocenters. The SMILES string of the molecule is CCC(=O)N1CCN(c2cc(I)ncn2)CC12CC2. The van der Waals surface area contributed by atoms with Crippen molar-refractivity contribution in [1.82, 2.24) is 14.9 Å². The van der Waals surface area contributed by atoms with Crippen LogP contribution in [-0.2, 0) is 4.79 Å². The molecule has 6 heteroatoms. The Morgan fingerprint density at radius 1 is 1.42 bits per heavy atom. The first-order chi connectivity index (χ1) is 9.14. The average molecular weight is 372 g/mol. The van der Waals surface area contributed by atoms with Gasteiger partial charge in [0.25, 0.3) is 0 Å². The number of piperazine rings is 1. The van der Waals surface area contributed by atoms with Gasteiger partial charge >= 0.3 is 0 Å². The zero-order valence-electron chi connectivity index (χ0n) is 11.0. The molecule has 102 valence electrons. The summed E-state index contributed by atoms with van der Waals surface area (Å²) in [7, 11) is 0. The van der Waals surface area contributed by atoms with E-state index in [1.807, 2.05) is 13.0 Å². The highest BCUT2D eigenvalue weighted by molar-refractivity contribution is 14.1. The number of hydrogen-bond donors (Lipinski definition) is 0. The highest BCUT2D eigenvalue weighted by Crippen LogP contribution is 2.45. The summed E-state index contributed by atoms with van der Waals surface area (Å²) < 4.78 is 0.958. The van der Waals surface area contributed by atoms with E-state index in [4.69, 9.17) is 0 Å². The molecule has 1 aliphatic carbocycles. The maximum absolute atomic E-state index is 12.0. The molecule has 2 fully saturated rings. The second kappa shape index (κ2) is 4.88. The van der Waals surface area contributed by atoms with E-state index in [-0.39, 0.29) is 11.4 Å². The van der Waals surface area contributed by atoms with Crippen molar-refractivity contribution in [3.8, 4) is 0 Å². The fraction of sp³-hybridized carbons (Fsp3) is 0.615. The molecule has 1 aromatic heterocycles. The van der Waals surface area contributed by atoms with Gasteiger partial charge in [0.1, 0.15) is 15.8 Å². The second-order valence-corrected chi connectivity index (χ2v) is 6.35. The van der Waals surface area contributed by atoms with Gasteiger partial charge in [-0.1, -0.05) is 6.92 Å². The lowest BCUT2D eigenvalue weighted by atomic mass is 10.1. The molecule has 0 radical (unpaired) electrons. The summed E-state index contributed by atoms with van der Waals surface area (Å²) >= 11 is 2.20. The monoisotopic (exact) mass is 372 g/mol. The lowest BCUT2D eigenvalue weighted by Crippen LogP contribution is -2.57. The third kappa shape index (κ3) is 2.42. The van der Waals surface area contributed by atoms with E-state index in [0.717, 1.165) is 42.0 Å². The summed E-state index contributed by atoms with van der Waals surface area (Å²) in [5.74, 6) is 1.27. The van der Waals surface area contributed by atoms with E-state index in [0.29, 0.717) is 6.42 Å². The predicted molar refractivity (Wildman–Crippen MR) is 80.9 cm³/mol. The van der Waals surface area contributed by atoms with Gasteiger partial charge in [-0.25, -0.2) is 9.97 Å². The van der Waals surface area contributed by atoms with Gasteiger partial charge in [0, 0.05) is 32.1 Å². The molecule has 5 nitrogen and oxygen atoms in total. The largest absolute Gasteiger partial charge is 0.352 e. The van der Waals surface area contributed by atoms with Crippen molar-refractivity contribution >= 4 is 34.3 Å². The highest BCUT2D eigenvalue weighted by atomic mass is 127. The number of rotatable bonds is 2. The standard InChI is InChI=1S/C13H17IN4O/c1-2-12(19)18-6-5-17(8-13(18)3-4-13)11-7-10(14)15-9-16-11/h7,9H,2-6,8H2,1H3. The maximum Gasteiger partial charge on any atom is 0.222 e. The summed E-state index contributed by atoms with van der Waals surface area (Å²) in [5, 5.41) is 0. The van der Waals surface area contributed by atoms with E-state index in [1.54, 1.807) is 6.33 Å². The third-order valence-electron chi connectivity index (χ3n) is 4.03.